The molecule has 0 aliphatic carbocycles. The smallest absolute Gasteiger partial charge is 0.00988 e. The van der Waals surface area contributed by atoms with Gasteiger partial charge in [-0.2, -0.15) is 0 Å². The largest absolute Gasteiger partial charge is 0.0622 e. The van der Waals surface area contributed by atoms with Crippen molar-refractivity contribution in [3.8, 4) is 77.9 Å². The Bertz CT molecular complexity index is 2370. The summed E-state index contributed by atoms with van der Waals surface area (Å²) in [6, 6.07) is 70.7. The first-order chi connectivity index (χ1) is 24.6. The van der Waals surface area contributed by atoms with Crippen LogP contribution < -0.4 is 0 Å². The van der Waals surface area contributed by atoms with E-state index in [2.05, 4.69) is 208 Å². The van der Waals surface area contributed by atoms with Crippen molar-refractivity contribution in [1.82, 2.24) is 0 Å². The van der Waals surface area contributed by atoms with Crippen molar-refractivity contribution < 1.29 is 0 Å². The molecule has 0 amide bonds. The average Bonchev–Trinajstić information content (AvgIpc) is 3.19. The highest BCUT2D eigenvalue weighted by Crippen LogP contribution is 2.43. The van der Waals surface area contributed by atoms with Gasteiger partial charge < -0.3 is 0 Å². The molecule has 0 heteroatoms. The first-order valence-corrected chi connectivity index (χ1v) is 17.3. The van der Waals surface area contributed by atoms with Gasteiger partial charge in [0.25, 0.3) is 0 Å². The molecule has 0 bridgehead atoms. The summed E-state index contributed by atoms with van der Waals surface area (Å²) in [6.45, 7) is 4.36. The second kappa shape index (κ2) is 13.7. The van der Waals surface area contributed by atoms with Crippen molar-refractivity contribution in [2.45, 2.75) is 13.8 Å². The fourth-order valence-corrected chi connectivity index (χ4v) is 7.08. The van der Waals surface area contributed by atoms with Gasteiger partial charge in [0, 0.05) is 0 Å². The maximum Gasteiger partial charge on any atom is -0.00988 e. The lowest BCUT2D eigenvalue weighted by atomic mass is 9.84. The van der Waals surface area contributed by atoms with Crippen LogP contribution in [0.1, 0.15) is 11.1 Å². The number of benzene rings is 8. The zero-order valence-electron chi connectivity index (χ0n) is 28.5. The van der Waals surface area contributed by atoms with Crippen molar-refractivity contribution in [3.63, 3.8) is 0 Å². The molecule has 0 aliphatic heterocycles. The second-order valence-corrected chi connectivity index (χ2v) is 13.1. The Kier molecular flexibility index (Phi) is 8.51. The van der Waals surface area contributed by atoms with Gasteiger partial charge in [-0.05, 0) is 115 Å². The van der Waals surface area contributed by atoms with Crippen LogP contribution in [0.25, 0.3) is 77.9 Å². The van der Waals surface area contributed by atoms with Gasteiger partial charge in [0.2, 0.25) is 0 Å². The molecule has 8 rings (SSSR count). The number of hydrogen-bond donors (Lipinski definition) is 0. The Morgan fingerprint density at radius 1 is 0.220 bits per heavy atom. The Morgan fingerprint density at radius 2 is 0.460 bits per heavy atom. The summed E-state index contributed by atoms with van der Waals surface area (Å²) in [5, 5.41) is 0. The van der Waals surface area contributed by atoms with E-state index >= 15 is 0 Å². The lowest BCUT2D eigenvalue weighted by Gasteiger charge is -2.19. The highest BCUT2D eigenvalue weighted by molar-refractivity contribution is 5.96. The third-order valence-electron chi connectivity index (χ3n) is 9.73. The molecular formula is C50H38. The minimum absolute atomic E-state index is 1.19. The monoisotopic (exact) mass is 638 g/mol. The summed E-state index contributed by atoms with van der Waals surface area (Å²) in [5.74, 6) is 0. The molecule has 0 saturated heterocycles. The summed E-state index contributed by atoms with van der Waals surface area (Å²) in [7, 11) is 0. The predicted octanol–water partition coefficient (Wildman–Crippen LogP) is 14.0. The summed E-state index contributed by atoms with van der Waals surface area (Å²) in [5.41, 5.74) is 19.6. The molecule has 0 spiro atoms. The topological polar surface area (TPSA) is 0 Å². The van der Waals surface area contributed by atoms with E-state index in [4.69, 9.17) is 0 Å². The summed E-state index contributed by atoms with van der Waals surface area (Å²) in [6.07, 6.45) is 0. The number of aryl methyl sites for hydroxylation is 2. The van der Waals surface area contributed by atoms with Gasteiger partial charge in [0.15, 0.2) is 0 Å². The average molecular weight is 639 g/mol. The summed E-state index contributed by atoms with van der Waals surface area (Å²) >= 11 is 0. The SMILES string of the molecule is Cc1ccc(-c2cc(-c3ccccc3)c(-c3ccc(-c4cc(-c5ccccc5)c(C)cc4-c4ccccc4)cc3)cc2-c2ccccc2)cc1. The highest BCUT2D eigenvalue weighted by Gasteiger charge is 2.17. The Balaban J connectivity index is 1.31. The van der Waals surface area contributed by atoms with E-state index in [1.807, 2.05) is 0 Å². The van der Waals surface area contributed by atoms with Crippen molar-refractivity contribution in [1.29, 1.82) is 0 Å². The summed E-state index contributed by atoms with van der Waals surface area (Å²) in [4.78, 5) is 0. The maximum atomic E-state index is 2.40. The predicted molar refractivity (Wildman–Crippen MR) is 214 cm³/mol. The minimum Gasteiger partial charge on any atom is -0.0622 e. The minimum atomic E-state index is 1.19. The number of rotatable bonds is 7. The molecule has 0 unspecified atom stereocenters. The maximum absolute atomic E-state index is 2.40. The fourth-order valence-electron chi connectivity index (χ4n) is 7.08. The van der Waals surface area contributed by atoms with E-state index in [1.165, 1.54) is 89.0 Å². The van der Waals surface area contributed by atoms with E-state index in [9.17, 15) is 0 Å². The van der Waals surface area contributed by atoms with Crippen LogP contribution >= 0.6 is 0 Å². The molecule has 0 aromatic heterocycles. The van der Waals surface area contributed by atoms with Crippen LogP contribution in [0.15, 0.2) is 194 Å². The molecule has 8 aromatic carbocycles. The first-order valence-electron chi connectivity index (χ1n) is 17.3. The molecule has 238 valence electrons. The van der Waals surface area contributed by atoms with Crippen LogP contribution in [0.2, 0.25) is 0 Å². The standard InChI is InChI=1S/C50H38/c1-35-23-25-41(26-24-35)49-33-48(40-21-13-6-14-22-40)50(34-47(49)39-19-11-5-12-20-39)43-29-27-42(28-30-43)46-32-44(37-15-7-3-8-16-37)36(2)31-45(46)38-17-9-4-10-18-38/h3-34H,1-2H3. The van der Waals surface area contributed by atoms with E-state index in [0.29, 0.717) is 0 Å². The van der Waals surface area contributed by atoms with Gasteiger partial charge in [-0.3, -0.25) is 0 Å². The van der Waals surface area contributed by atoms with E-state index in [-0.39, 0.29) is 0 Å². The van der Waals surface area contributed by atoms with E-state index in [1.54, 1.807) is 0 Å². The van der Waals surface area contributed by atoms with E-state index in [0.717, 1.165) is 0 Å². The van der Waals surface area contributed by atoms with Crippen molar-refractivity contribution in [2.24, 2.45) is 0 Å². The molecule has 0 atom stereocenters. The molecule has 0 heterocycles. The molecule has 0 nitrogen and oxygen atoms in total. The normalized spacial score (nSPS) is 11.0. The lowest BCUT2D eigenvalue weighted by molar-refractivity contribution is 1.45. The van der Waals surface area contributed by atoms with Gasteiger partial charge in [-0.25, -0.2) is 0 Å². The van der Waals surface area contributed by atoms with Gasteiger partial charge >= 0.3 is 0 Å². The molecule has 50 heavy (non-hydrogen) atoms. The third kappa shape index (κ3) is 6.20. The molecule has 0 saturated carbocycles. The number of hydrogen-bond acceptors (Lipinski definition) is 0. The fraction of sp³-hybridized carbons (Fsp3) is 0.0400. The molecule has 0 aliphatic rings. The van der Waals surface area contributed by atoms with Crippen molar-refractivity contribution in [3.05, 3.63) is 205 Å². The van der Waals surface area contributed by atoms with Crippen LogP contribution in [0.3, 0.4) is 0 Å². The molecule has 8 aromatic rings. The Labute approximate surface area is 296 Å². The van der Waals surface area contributed by atoms with Gasteiger partial charge in [-0.1, -0.05) is 181 Å². The summed E-state index contributed by atoms with van der Waals surface area (Å²) < 4.78 is 0. The van der Waals surface area contributed by atoms with Crippen LogP contribution in [0.4, 0.5) is 0 Å². The Hall–Kier alpha value is -6.24. The van der Waals surface area contributed by atoms with E-state index < -0.39 is 0 Å². The molecular weight excluding hydrogens is 601 g/mol. The van der Waals surface area contributed by atoms with Crippen molar-refractivity contribution >= 4 is 0 Å². The van der Waals surface area contributed by atoms with Crippen molar-refractivity contribution in [2.75, 3.05) is 0 Å². The van der Waals surface area contributed by atoms with Gasteiger partial charge in [0.1, 0.15) is 0 Å². The first kappa shape index (κ1) is 31.1. The highest BCUT2D eigenvalue weighted by atomic mass is 14.2. The lowest BCUT2D eigenvalue weighted by Crippen LogP contribution is -1.93. The zero-order valence-corrected chi connectivity index (χ0v) is 28.5. The van der Waals surface area contributed by atoms with Crippen LogP contribution in [-0.4, -0.2) is 0 Å². The molecule has 0 radical (unpaired) electrons. The van der Waals surface area contributed by atoms with Crippen LogP contribution in [0, 0.1) is 13.8 Å². The third-order valence-corrected chi connectivity index (χ3v) is 9.73. The second-order valence-electron chi connectivity index (χ2n) is 13.1. The Morgan fingerprint density at radius 3 is 0.800 bits per heavy atom. The zero-order chi connectivity index (χ0) is 33.9. The van der Waals surface area contributed by atoms with Crippen LogP contribution in [0.5, 0.6) is 0 Å². The molecule has 0 N–H and O–H groups in total. The molecule has 0 fully saturated rings. The quantitative estimate of drug-likeness (QED) is 0.163. The van der Waals surface area contributed by atoms with Gasteiger partial charge in [-0.15, -0.1) is 0 Å². The van der Waals surface area contributed by atoms with Crippen LogP contribution in [-0.2, 0) is 0 Å². The van der Waals surface area contributed by atoms with Gasteiger partial charge in [0.05, 0.1) is 0 Å².